The molecule has 1 aromatic carbocycles. The molecule has 0 unspecified atom stereocenters. The maximum atomic E-state index is 12.5. The Labute approximate surface area is 179 Å². The van der Waals surface area contributed by atoms with Gasteiger partial charge in [0.1, 0.15) is 5.82 Å². The zero-order valence-electron chi connectivity index (χ0n) is 15.3. The van der Waals surface area contributed by atoms with Crippen molar-refractivity contribution >= 4 is 33.5 Å². The number of nitrogens with one attached hydrogen (secondary N) is 1. The topological polar surface area (TPSA) is 76.6 Å². The Bertz CT molecular complexity index is 885. The van der Waals surface area contributed by atoms with Crippen LogP contribution >= 0.6 is 15.9 Å². The van der Waals surface area contributed by atoms with E-state index in [1.54, 1.807) is 24.3 Å². The molecule has 0 bridgehead atoms. The van der Waals surface area contributed by atoms with E-state index in [0.29, 0.717) is 5.69 Å². The van der Waals surface area contributed by atoms with Crippen LogP contribution in [0.15, 0.2) is 47.6 Å². The highest BCUT2D eigenvalue weighted by Gasteiger charge is 2.30. The first-order valence-electron chi connectivity index (χ1n) is 8.13. The molecule has 2 rings (SSSR count). The predicted octanol–water partition coefficient (Wildman–Crippen LogP) is 5.30. The van der Waals surface area contributed by atoms with E-state index in [0.717, 1.165) is 21.6 Å². The predicted molar refractivity (Wildman–Crippen MR) is 101 cm³/mol. The summed E-state index contributed by atoms with van der Waals surface area (Å²) in [5.41, 5.74) is 0.367. The van der Waals surface area contributed by atoms with Gasteiger partial charge in [0.25, 0.3) is 0 Å². The molecule has 1 heterocycles. The van der Waals surface area contributed by atoms with E-state index in [-0.39, 0.29) is 0 Å². The minimum atomic E-state index is -4.75. The highest BCUT2D eigenvalue weighted by molar-refractivity contribution is 9.10. The van der Waals surface area contributed by atoms with Crippen LogP contribution in [0.3, 0.4) is 0 Å². The van der Waals surface area contributed by atoms with Crippen molar-refractivity contribution in [2.75, 3.05) is 23.4 Å². The second kappa shape index (κ2) is 9.85. The van der Waals surface area contributed by atoms with Gasteiger partial charge < -0.3 is 9.47 Å². The van der Waals surface area contributed by atoms with Gasteiger partial charge in [-0.25, -0.2) is 4.79 Å². The summed E-state index contributed by atoms with van der Waals surface area (Å²) in [6.45, 7) is -0.0830. The van der Waals surface area contributed by atoms with E-state index in [2.05, 4.69) is 47.3 Å². The molecule has 0 saturated carbocycles. The Hall–Kier alpha value is -3.03. The Morgan fingerprint density at radius 2 is 1.65 bits per heavy atom. The molecule has 0 fully saturated rings. The molecule has 0 aliphatic heterocycles. The molecule has 31 heavy (non-hydrogen) atoms. The molecule has 14 heteroatoms. The first-order valence-corrected chi connectivity index (χ1v) is 8.92. The number of hydrogen-bond donors (Lipinski definition) is 1. The monoisotopic (exact) mass is 514 g/mol. The number of urea groups is 1. The summed E-state index contributed by atoms with van der Waals surface area (Å²) in [4.78, 5) is 20.4. The van der Waals surface area contributed by atoms with E-state index in [1.165, 1.54) is 0 Å². The standard InChI is InChI=1S/C17H13BrF6N4O3/c1-2-28(11-5-3-10(18)4-6-11)15(29)26-12-7-13(30-8-16(19,20)21)27-14(25-12)31-9-17(22,23)24/h2-7H,1,8-9H2,(H,25,26,27,29). The van der Waals surface area contributed by atoms with Crippen LogP contribution in [-0.4, -0.2) is 41.6 Å². The zero-order chi connectivity index (χ0) is 23.2. The van der Waals surface area contributed by atoms with Gasteiger partial charge in [0, 0.05) is 16.7 Å². The SMILES string of the molecule is C=CN(C(=O)Nc1cc(OCC(F)(F)F)nc(OCC(F)(F)F)n1)c1ccc(Br)cc1. The number of amides is 2. The van der Waals surface area contributed by atoms with Crippen LogP contribution in [-0.2, 0) is 0 Å². The van der Waals surface area contributed by atoms with Crippen LogP contribution in [0.4, 0.5) is 42.6 Å². The molecule has 1 aromatic heterocycles. The van der Waals surface area contributed by atoms with Crippen LogP contribution in [0.2, 0.25) is 0 Å². The lowest BCUT2D eigenvalue weighted by Gasteiger charge is -2.19. The zero-order valence-corrected chi connectivity index (χ0v) is 16.9. The number of aromatic nitrogens is 2. The van der Waals surface area contributed by atoms with E-state index in [4.69, 9.17) is 0 Å². The number of hydrogen-bond acceptors (Lipinski definition) is 5. The Morgan fingerprint density at radius 1 is 1.06 bits per heavy atom. The lowest BCUT2D eigenvalue weighted by atomic mass is 10.3. The molecular formula is C17H13BrF6N4O3. The second-order valence-electron chi connectivity index (χ2n) is 5.64. The van der Waals surface area contributed by atoms with Crippen molar-refractivity contribution in [1.82, 2.24) is 9.97 Å². The molecule has 0 aliphatic carbocycles. The summed E-state index contributed by atoms with van der Waals surface area (Å²) < 4.78 is 83.8. The third-order valence-electron chi connectivity index (χ3n) is 3.17. The first kappa shape index (κ1) is 24.2. The summed E-state index contributed by atoms with van der Waals surface area (Å²) in [6.07, 6.45) is -8.35. The molecule has 0 radical (unpaired) electrons. The maximum Gasteiger partial charge on any atom is 0.422 e. The van der Waals surface area contributed by atoms with Gasteiger partial charge in [0.15, 0.2) is 13.2 Å². The average molecular weight is 515 g/mol. The number of benzene rings is 1. The number of rotatable bonds is 7. The van der Waals surface area contributed by atoms with Gasteiger partial charge in [0.2, 0.25) is 5.88 Å². The largest absolute Gasteiger partial charge is 0.468 e. The first-order chi connectivity index (χ1) is 14.4. The van der Waals surface area contributed by atoms with Crippen molar-refractivity contribution in [2.24, 2.45) is 0 Å². The number of carbonyl (C=O) groups excluding carboxylic acids is 1. The van der Waals surface area contributed by atoms with E-state index in [9.17, 15) is 31.1 Å². The maximum absolute atomic E-state index is 12.5. The van der Waals surface area contributed by atoms with Crippen LogP contribution in [0.25, 0.3) is 0 Å². The van der Waals surface area contributed by atoms with Gasteiger partial charge in [0.05, 0.1) is 5.69 Å². The highest BCUT2D eigenvalue weighted by atomic mass is 79.9. The molecule has 0 aliphatic rings. The van der Waals surface area contributed by atoms with Crippen molar-refractivity contribution < 1.29 is 40.6 Å². The highest BCUT2D eigenvalue weighted by Crippen LogP contribution is 2.24. The van der Waals surface area contributed by atoms with Crippen molar-refractivity contribution in [1.29, 1.82) is 0 Å². The third-order valence-corrected chi connectivity index (χ3v) is 3.70. The number of ether oxygens (including phenoxy) is 2. The van der Waals surface area contributed by atoms with Crippen LogP contribution in [0.5, 0.6) is 11.9 Å². The summed E-state index contributed by atoms with van der Waals surface area (Å²) in [5, 5.41) is 2.21. The number of carbonyl (C=O) groups is 1. The summed E-state index contributed by atoms with van der Waals surface area (Å²) in [5.74, 6) is -1.22. The van der Waals surface area contributed by atoms with Crippen LogP contribution < -0.4 is 19.7 Å². The lowest BCUT2D eigenvalue weighted by Crippen LogP contribution is -2.30. The third kappa shape index (κ3) is 8.32. The van der Waals surface area contributed by atoms with Crippen LogP contribution in [0, 0.1) is 0 Å². The fraction of sp³-hybridized carbons (Fsp3) is 0.235. The van der Waals surface area contributed by atoms with E-state index in [1.807, 2.05) is 0 Å². The van der Waals surface area contributed by atoms with Gasteiger partial charge in [-0.1, -0.05) is 22.5 Å². The normalized spacial score (nSPS) is 11.6. The van der Waals surface area contributed by atoms with Crippen molar-refractivity contribution in [3.05, 3.63) is 47.6 Å². The summed E-state index contributed by atoms with van der Waals surface area (Å²) >= 11 is 3.23. The molecule has 7 nitrogen and oxygen atoms in total. The smallest absolute Gasteiger partial charge is 0.422 e. The quantitative estimate of drug-likeness (QED) is 0.507. The fourth-order valence-corrected chi connectivity index (χ4v) is 2.25. The van der Waals surface area contributed by atoms with Crippen LogP contribution in [0.1, 0.15) is 0 Å². The number of nitrogens with zero attached hydrogens (tertiary/aromatic N) is 3. The molecule has 168 valence electrons. The Morgan fingerprint density at radius 3 is 2.19 bits per heavy atom. The summed E-state index contributed by atoms with van der Waals surface area (Å²) in [7, 11) is 0. The van der Waals surface area contributed by atoms with E-state index < -0.39 is 49.3 Å². The number of halogens is 7. The average Bonchev–Trinajstić information content (AvgIpc) is 2.66. The van der Waals surface area contributed by atoms with Gasteiger partial charge in [-0.15, -0.1) is 0 Å². The minimum absolute atomic E-state index is 0.367. The van der Waals surface area contributed by atoms with Crippen molar-refractivity contribution in [2.45, 2.75) is 12.4 Å². The Kier molecular flexibility index (Phi) is 7.70. The van der Waals surface area contributed by atoms with Gasteiger partial charge in [-0.3, -0.25) is 10.2 Å². The lowest BCUT2D eigenvalue weighted by molar-refractivity contribution is -0.155. The molecular weight excluding hydrogens is 502 g/mol. The number of anilines is 2. The Balaban J connectivity index is 2.25. The second-order valence-corrected chi connectivity index (χ2v) is 6.56. The van der Waals surface area contributed by atoms with Gasteiger partial charge in [-0.05, 0) is 24.3 Å². The molecule has 0 saturated heterocycles. The molecule has 1 N–H and O–H groups in total. The molecule has 0 spiro atoms. The molecule has 2 amide bonds. The van der Waals surface area contributed by atoms with Crippen molar-refractivity contribution in [3.63, 3.8) is 0 Å². The number of alkyl halides is 6. The van der Waals surface area contributed by atoms with Gasteiger partial charge in [-0.2, -0.15) is 36.3 Å². The van der Waals surface area contributed by atoms with Gasteiger partial charge >= 0.3 is 24.4 Å². The minimum Gasteiger partial charge on any atom is -0.468 e. The molecule has 0 atom stereocenters. The van der Waals surface area contributed by atoms with E-state index >= 15 is 0 Å². The molecule has 2 aromatic rings. The summed E-state index contributed by atoms with van der Waals surface area (Å²) in [6, 6.07) is 5.38. The fourth-order valence-electron chi connectivity index (χ4n) is 1.99. The van der Waals surface area contributed by atoms with Crippen molar-refractivity contribution in [3.8, 4) is 11.9 Å².